The topological polar surface area (TPSA) is 47.9 Å². The van der Waals surface area contributed by atoms with Crippen LogP contribution in [0.15, 0.2) is 53.6 Å². The largest absolute Gasteiger partial charge is 0.297 e. The van der Waals surface area contributed by atoms with Crippen molar-refractivity contribution in [3.63, 3.8) is 0 Å². The Labute approximate surface area is 163 Å². The van der Waals surface area contributed by atoms with Gasteiger partial charge in [0.1, 0.15) is 5.82 Å². The number of benzene rings is 2. The van der Waals surface area contributed by atoms with Crippen molar-refractivity contribution in [1.82, 2.24) is 15.2 Å². The molecule has 0 bridgehead atoms. The summed E-state index contributed by atoms with van der Waals surface area (Å²) < 4.78 is 13.6. The van der Waals surface area contributed by atoms with Crippen LogP contribution in [-0.2, 0) is 11.3 Å². The van der Waals surface area contributed by atoms with E-state index in [1.54, 1.807) is 6.07 Å². The number of hydrogen-bond donors (Lipinski definition) is 1. The zero-order valence-electron chi connectivity index (χ0n) is 14.9. The Hall–Kier alpha value is -2.28. The minimum Gasteiger partial charge on any atom is -0.297 e. The second-order valence-corrected chi connectivity index (χ2v) is 6.87. The highest BCUT2D eigenvalue weighted by atomic mass is 35.5. The Morgan fingerprint density at radius 3 is 2.48 bits per heavy atom. The van der Waals surface area contributed by atoms with E-state index in [0.29, 0.717) is 0 Å². The van der Waals surface area contributed by atoms with Gasteiger partial charge in [0.15, 0.2) is 0 Å². The minimum absolute atomic E-state index is 0.161. The first kappa shape index (κ1) is 19.5. The van der Waals surface area contributed by atoms with Crippen molar-refractivity contribution in [2.75, 3.05) is 32.7 Å². The fraction of sp³-hybridized carbons (Fsp3) is 0.300. The molecule has 1 heterocycles. The SMILES string of the molecule is O=C(CN1CCN(Cc2ccccc2)CC1)N/N=C\c1c(F)cccc1Cl. The zero-order chi connectivity index (χ0) is 19.1. The lowest BCUT2D eigenvalue weighted by Gasteiger charge is -2.34. The van der Waals surface area contributed by atoms with Crippen LogP contribution in [0.3, 0.4) is 0 Å². The van der Waals surface area contributed by atoms with Crippen LogP contribution in [-0.4, -0.2) is 54.6 Å². The molecule has 27 heavy (non-hydrogen) atoms. The Morgan fingerprint density at radius 1 is 1.07 bits per heavy atom. The van der Waals surface area contributed by atoms with Crippen LogP contribution >= 0.6 is 11.6 Å². The molecule has 1 N–H and O–H groups in total. The molecule has 2 aromatic rings. The molecule has 1 fully saturated rings. The standard InChI is InChI=1S/C20H22ClFN4O/c21-18-7-4-8-19(22)17(18)13-23-24-20(27)15-26-11-9-25(10-12-26)14-16-5-2-1-3-6-16/h1-8,13H,9-12,14-15H2,(H,24,27)/b23-13-. The van der Waals surface area contributed by atoms with E-state index in [1.807, 2.05) is 18.2 Å². The molecule has 0 unspecified atom stereocenters. The summed E-state index contributed by atoms with van der Waals surface area (Å²) in [6, 6.07) is 14.7. The van der Waals surface area contributed by atoms with Gasteiger partial charge in [0.05, 0.1) is 17.8 Å². The molecule has 1 aliphatic rings. The van der Waals surface area contributed by atoms with Gasteiger partial charge in [-0.2, -0.15) is 5.10 Å². The number of amides is 1. The second-order valence-electron chi connectivity index (χ2n) is 6.47. The molecule has 1 amide bonds. The quantitative estimate of drug-likeness (QED) is 0.611. The summed E-state index contributed by atoms with van der Waals surface area (Å²) in [7, 11) is 0. The van der Waals surface area contributed by atoms with Gasteiger partial charge < -0.3 is 0 Å². The van der Waals surface area contributed by atoms with Crippen LogP contribution in [0, 0.1) is 5.82 Å². The van der Waals surface area contributed by atoms with Crippen molar-refractivity contribution in [1.29, 1.82) is 0 Å². The Bertz CT molecular complexity index is 772. The van der Waals surface area contributed by atoms with E-state index in [1.165, 1.54) is 23.9 Å². The van der Waals surface area contributed by atoms with Crippen LogP contribution in [0.2, 0.25) is 5.02 Å². The molecule has 3 rings (SSSR count). The number of hydrogen-bond acceptors (Lipinski definition) is 4. The molecule has 1 aliphatic heterocycles. The fourth-order valence-corrected chi connectivity index (χ4v) is 3.20. The van der Waals surface area contributed by atoms with E-state index >= 15 is 0 Å². The first-order valence-corrected chi connectivity index (χ1v) is 9.24. The summed E-state index contributed by atoms with van der Waals surface area (Å²) in [6.07, 6.45) is 1.23. The third-order valence-electron chi connectivity index (χ3n) is 4.46. The number of nitrogens with zero attached hydrogens (tertiary/aromatic N) is 3. The maximum atomic E-state index is 13.6. The lowest BCUT2D eigenvalue weighted by molar-refractivity contribution is -0.122. The van der Waals surface area contributed by atoms with Crippen LogP contribution in [0.4, 0.5) is 4.39 Å². The van der Waals surface area contributed by atoms with Crippen LogP contribution in [0.1, 0.15) is 11.1 Å². The van der Waals surface area contributed by atoms with Crippen LogP contribution in [0.25, 0.3) is 0 Å². The molecule has 7 heteroatoms. The second kappa shape index (κ2) is 9.60. The van der Waals surface area contributed by atoms with E-state index in [2.05, 4.69) is 32.5 Å². The lowest BCUT2D eigenvalue weighted by atomic mass is 10.2. The molecular formula is C20H22ClFN4O. The summed E-state index contributed by atoms with van der Waals surface area (Å²) in [5, 5.41) is 4.07. The van der Waals surface area contributed by atoms with Gasteiger partial charge in [-0.25, -0.2) is 9.82 Å². The van der Waals surface area contributed by atoms with E-state index in [0.717, 1.165) is 32.7 Å². The van der Waals surface area contributed by atoms with E-state index in [9.17, 15) is 9.18 Å². The van der Waals surface area contributed by atoms with Gasteiger partial charge in [-0.15, -0.1) is 0 Å². The van der Waals surface area contributed by atoms with Gasteiger partial charge >= 0.3 is 0 Å². The highest BCUT2D eigenvalue weighted by molar-refractivity contribution is 6.33. The fourth-order valence-electron chi connectivity index (χ4n) is 2.99. The highest BCUT2D eigenvalue weighted by Crippen LogP contribution is 2.16. The maximum Gasteiger partial charge on any atom is 0.254 e. The van der Waals surface area contributed by atoms with Crippen LogP contribution < -0.4 is 5.43 Å². The van der Waals surface area contributed by atoms with Gasteiger partial charge in [0.2, 0.25) is 0 Å². The molecular weight excluding hydrogens is 367 g/mol. The molecule has 0 saturated carbocycles. The monoisotopic (exact) mass is 388 g/mol. The number of carbonyl (C=O) groups is 1. The molecule has 0 atom stereocenters. The average Bonchev–Trinajstić information content (AvgIpc) is 2.67. The molecule has 0 spiro atoms. The van der Waals surface area contributed by atoms with Gasteiger partial charge in [0, 0.05) is 38.3 Å². The third-order valence-corrected chi connectivity index (χ3v) is 4.79. The van der Waals surface area contributed by atoms with E-state index in [-0.39, 0.29) is 23.0 Å². The van der Waals surface area contributed by atoms with Gasteiger partial charge in [-0.1, -0.05) is 48.0 Å². The third kappa shape index (κ3) is 5.85. The van der Waals surface area contributed by atoms with Crippen molar-refractivity contribution in [2.45, 2.75) is 6.54 Å². The Balaban J connectivity index is 1.41. The molecule has 0 radical (unpaired) electrons. The van der Waals surface area contributed by atoms with Crippen LogP contribution in [0.5, 0.6) is 0 Å². The highest BCUT2D eigenvalue weighted by Gasteiger charge is 2.18. The lowest BCUT2D eigenvalue weighted by Crippen LogP contribution is -2.48. The summed E-state index contributed by atoms with van der Waals surface area (Å²) in [6.45, 7) is 4.66. The molecule has 0 aliphatic carbocycles. The molecule has 0 aromatic heterocycles. The Morgan fingerprint density at radius 2 is 1.78 bits per heavy atom. The van der Waals surface area contributed by atoms with Crippen molar-refractivity contribution in [3.05, 3.63) is 70.5 Å². The predicted octanol–water partition coefficient (Wildman–Crippen LogP) is 2.75. The van der Waals surface area contributed by atoms with Crippen molar-refractivity contribution >= 4 is 23.7 Å². The number of carbonyl (C=O) groups excluding carboxylic acids is 1. The van der Waals surface area contributed by atoms with Gasteiger partial charge in [0.25, 0.3) is 5.91 Å². The molecule has 5 nitrogen and oxygen atoms in total. The summed E-state index contributed by atoms with van der Waals surface area (Å²) >= 11 is 5.92. The summed E-state index contributed by atoms with van der Waals surface area (Å²) in [4.78, 5) is 16.5. The number of nitrogens with one attached hydrogen (secondary N) is 1. The maximum absolute atomic E-state index is 13.6. The van der Waals surface area contributed by atoms with Crippen molar-refractivity contribution < 1.29 is 9.18 Å². The smallest absolute Gasteiger partial charge is 0.254 e. The summed E-state index contributed by atoms with van der Waals surface area (Å²) in [5.41, 5.74) is 3.89. The first-order valence-electron chi connectivity index (χ1n) is 8.86. The number of hydrazone groups is 1. The molecule has 142 valence electrons. The van der Waals surface area contributed by atoms with Crippen molar-refractivity contribution in [2.24, 2.45) is 5.10 Å². The minimum atomic E-state index is -0.477. The van der Waals surface area contributed by atoms with E-state index < -0.39 is 5.82 Å². The average molecular weight is 389 g/mol. The zero-order valence-corrected chi connectivity index (χ0v) is 15.7. The van der Waals surface area contributed by atoms with Gasteiger partial charge in [-0.05, 0) is 17.7 Å². The Kier molecular flexibility index (Phi) is 6.92. The number of piperazine rings is 1. The van der Waals surface area contributed by atoms with E-state index in [4.69, 9.17) is 11.6 Å². The summed E-state index contributed by atoms with van der Waals surface area (Å²) in [5.74, 6) is -0.703. The number of rotatable bonds is 6. The predicted molar refractivity (Wildman–Crippen MR) is 105 cm³/mol. The van der Waals surface area contributed by atoms with Gasteiger partial charge in [-0.3, -0.25) is 14.6 Å². The molecule has 1 saturated heterocycles. The molecule has 2 aromatic carbocycles. The number of halogens is 2. The normalized spacial score (nSPS) is 15.9. The first-order chi connectivity index (χ1) is 13.1. The van der Waals surface area contributed by atoms with Crippen molar-refractivity contribution in [3.8, 4) is 0 Å².